The third-order valence-electron chi connectivity index (χ3n) is 2.69. The lowest BCUT2D eigenvalue weighted by Crippen LogP contribution is -1.86. The maximum Gasteiger partial charge on any atom is 0.178 e. The molecular formula is C12H5BrCl3N3O. The molecule has 1 aromatic carbocycles. The van der Waals surface area contributed by atoms with Gasteiger partial charge in [0.15, 0.2) is 5.65 Å². The lowest BCUT2D eigenvalue weighted by atomic mass is 10.2. The molecule has 2 heterocycles. The summed E-state index contributed by atoms with van der Waals surface area (Å²) >= 11 is 21.3. The molecule has 3 aromatic rings. The Balaban J connectivity index is 2.30. The summed E-state index contributed by atoms with van der Waals surface area (Å²) in [4.78, 5) is 11.5. The molecule has 0 aliphatic heterocycles. The summed E-state index contributed by atoms with van der Waals surface area (Å²) in [5.41, 5.74) is 1.44. The number of aromatic amines is 1. The van der Waals surface area contributed by atoms with Gasteiger partial charge in [0.2, 0.25) is 0 Å². The lowest BCUT2D eigenvalue weighted by molar-refractivity contribution is 0.477. The van der Waals surface area contributed by atoms with Crippen LogP contribution in [0.4, 0.5) is 0 Å². The van der Waals surface area contributed by atoms with E-state index in [0.717, 1.165) is 4.47 Å². The van der Waals surface area contributed by atoms with E-state index < -0.39 is 0 Å². The molecule has 0 bridgehead atoms. The molecule has 20 heavy (non-hydrogen) atoms. The number of nitrogens with one attached hydrogen (secondary N) is 1. The van der Waals surface area contributed by atoms with Gasteiger partial charge in [-0.3, -0.25) is 0 Å². The first-order valence-electron chi connectivity index (χ1n) is 5.35. The summed E-state index contributed by atoms with van der Waals surface area (Å²) < 4.78 is 0.805. The van der Waals surface area contributed by atoms with Crippen LogP contribution < -0.4 is 0 Å². The fraction of sp³-hybridized carbons (Fsp3) is 0. The number of hydrogen-bond donors (Lipinski definition) is 2. The molecule has 2 aromatic heterocycles. The number of fused-ring (bicyclic) bond motifs is 1. The van der Waals surface area contributed by atoms with Gasteiger partial charge in [-0.05, 0) is 28.1 Å². The molecule has 0 saturated carbocycles. The van der Waals surface area contributed by atoms with Gasteiger partial charge in [-0.25, -0.2) is 9.97 Å². The number of imidazole rings is 1. The number of phenolic OH excluding ortho intramolecular Hbond substituents is 1. The molecule has 0 radical (unpaired) electrons. The van der Waals surface area contributed by atoms with Crippen molar-refractivity contribution in [3.8, 4) is 17.1 Å². The van der Waals surface area contributed by atoms with E-state index in [4.69, 9.17) is 34.8 Å². The largest absolute Gasteiger partial charge is 0.506 e. The summed E-state index contributed by atoms with van der Waals surface area (Å²) in [6, 6.07) is 3.19. The van der Waals surface area contributed by atoms with E-state index in [2.05, 4.69) is 30.9 Å². The number of H-pyrrole nitrogens is 1. The number of hydrogen-bond acceptors (Lipinski definition) is 3. The number of benzene rings is 1. The van der Waals surface area contributed by atoms with Gasteiger partial charge in [-0.15, -0.1) is 0 Å². The van der Waals surface area contributed by atoms with E-state index in [-0.39, 0.29) is 26.4 Å². The number of aromatic nitrogens is 3. The van der Waals surface area contributed by atoms with Crippen LogP contribution in [0.1, 0.15) is 0 Å². The molecule has 4 nitrogen and oxygen atoms in total. The monoisotopic (exact) mass is 391 g/mol. The molecule has 0 fully saturated rings. The Bertz CT molecular complexity index is 808. The molecule has 0 aliphatic carbocycles. The highest BCUT2D eigenvalue weighted by Gasteiger charge is 2.19. The predicted molar refractivity (Wildman–Crippen MR) is 83.7 cm³/mol. The van der Waals surface area contributed by atoms with Gasteiger partial charge in [0, 0.05) is 10.7 Å². The van der Waals surface area contributed by atoms with Crippen LogP contribution in [0.5, 0.6) is 5.75 Å². The van der Waals surface area contributed by atoms with E-state index >= 15 is 0 Å². The smallest absolute Gasteiger partial charge is 0.178 e. The fourth-order valence-corrected chi connectivity index (χ4v) is 2.82. The minimum absolute atomic E-state index is 0.101. The third kappa shape index (κ3) is 2.24. The molecule has 0 saturated heterocycles. The van der Waals surface area contributed by atoms with Gasteiger partial charge in [0.25, 0.3) is 0 Å². The van der Waals surface area contributed by atoms with Crippen molar-refractivity contribution >= 4 is 61.9 Å². The molecule has 0 atom stereocenters. The SMILES string of the molecule is Oc1c(Cl)cc(Cl)c(Cl)c1-c1nc2ncc(Br)cc2[nH]1. The Hall–Kier alpha value is -1.01. The van der Waals surface area contributed by atoms with Crippen molar-refractivity contribution in [1.82, 2.24) is 15.0 Å². The highest BCUT2D eigenvalue weighted by molar-refractivity contribution is 9.10. The van der Waals surface area contributed by atoms with Crippen molar-refractivity contribution < 1.29 is 5.11 Å². The Morgan fingerprint density at radius 1 is 1.15 bits per heavy atom. The Morgan fingerprint density at radius 2 is 1.90 bits per heavy atom. The van der Waals surface area contributed by atoms with Crippen LogP contribution >= 0.6 is 50.7 Å². The average molecular weight is 393 g/mol. The number of pyridine rings is 1. The zero-order valence-corrected chi connectivity index (χ0v) is 13.4. The van der Waals surface area contributed by atoms with Crippen molar-refractivity contribution in [1.29, 1.82) is 0 Å². The zero-order chi connectivity index (χ0) is 14.4. The Morgan fingerprint density at radius 3 is 2.65 bits per heavy atom. The number of aromatic hydroxyl groups is 1. The summed E-state index contributed by atoms with van der Waals surface area (Å²) in [6.45, 7) is 0. The van der Waals surface area contributed by atoms with Gasteiger partial charge in [-0.2, -0.15) is 0 Å². The molecule has 0 amide bonds. The number of nitrogens with zero attached hydrogens (tertiary/aromatic N) is 2. The maximum absolute atomic E-state index is 10.1. The second-order valence-electron chi connectivity index (χ2n) is 3.99. The predicted octanol–water partition coefficient (Wildman–Crippen LogP) is 5.05. The van der Waals surface area contributed by atoms with Crippen LogP contribution in [0.3, 0.4) is 0 Å². The second kappa shape index (κ2) is 5.07. The third-order valence-corrected chi connectivity index (χ3v) is 4.20. The average Bonchev–Trinajstić information content (AvgIpc) is 2.79. The Labute approximate surface area is 136 Å². The van der Waals surface area contributed by atoms with Crippen molar-refractivity contribution in [3.05, 3.63) is 37.9 Å². The van der Waals surface area contributed by atoms with Crippen LogP contribution in [-0.2, 0) is 0 Å². The minimum atomic E-state index is -0.181. The molecule has 8 heteroatoms. The molecule has 0 aliphatic rings. The van der Waals surface area contributed by atoms with Crippen molar-refractivity contribution in [2.45, 2.75) is 0 Å². The molecule has 102 valence electrons. The number of rotatable bonds is 1. The van der Waals surface area contributed by atoms with Crippen molar-refractivity contribution in [3.63, 3.8) is 0 Å². The summed E-state index contributed by atoms with van der Waals surface area (Å²) in [5, 5.41) is 10.6. The van der Waals surface area contributed by atoms with Gasteiger partial charge >= 0.3 is 0 Å². The van der Waals surface area contributed by atoms with E-state index in [9.17, 15) is 5.11 Å². The highest BCUT2D eigenvalue weighted by Crippen LogP contribution is 2.43. The van der Waals surface area contributed by atoms with Gasteiger partial charge in [0.1, 0.15) is 11.6 Å². The molecule has 0 unspecified atom stereocenters. The van der Waals surface area contributed by atoms with Crippen molar-refractivity contribution in [2.24, 2.45) is 0 Å². The van der Waals surface area contributed by atoms with E-state index in [0.29, 0.717) is 17.0 Å². The fourth-order valence-electron chi connectivity index (χ4n) is 1.79. The molecule has 3 rings (SSSR count). The summed E-state index contributed by atoms with van der Waals surface area (Å²) in [5.74, 6) is 0.164. The molecular weight excluding hydrogens is 388 g/mol. The second-order valence-corrected chi connectivity index (χ2v) is 6.10. The first-order chi connectivity index (χ1) is 9.47. The molecule has 0 spiro atoms. The van der Waals surface area contributed by atoms with Crippen LogP contribution in [0, 0.1) is 0 Å². The first kappa shape index (κ1) is 13.9. The van der Waals surface area contributed by atoms with E-state index in [1.165, 1.54) is 6.07 Å². The highest BCUT2D eigenvalue weighted by atomic mass is 79.9. The topological polar surface area (TPSA) is 61.8 Å². The van der Waals surface area contributed by atoms with Crippen molar-refractivity contribution in [2.75, 3.05) is 0 Å². The van der Waals surface area contributed by atoms with Crippen LogP contribution in [0.15, 0.2) is 22.8 Å². The maximum atomic E-state index is 10.1. The first-order valence-corrected chi connectivity index (χ1v) is 7.28. The van der Waals surface area contributed by atoms with Gasteiger partial charge < -0.3 is 10.1 Å². The minimum Gasteiger partial charge on any atom is -0.506 e. The zero-order valence-electron chi connectivity index (χ0n) is 9.59. The van der Waals surface area contributed by atoms with E-state index in [1.807, 2.05) is 6.07 Å². The summed E-state index contributed by atoms with van der Waals surface area (Å²) in [6.07, 6.45) is 1.62. The van der Waals surface area contributed by atoms with Gasteiger partial charge in [0.05, 0.1) is 26.1 Å². The lowest BCUT2D eigenvalue weighted by Gasteiger charge is -2.07. The Kier molecular flexibility index (Phi) is 3.54. The normalized spacial score (nSPS) is 11.2. The number of halogens is 4. The standard InChI is InChI=1S/C12H5BrCl3N3O/c13-4-1-7-11(17-3-4)19-12(18-7)8-9(16)5(14)2-6(15)10(8)20/h1-3,20H,(H,17,18,19). The molecule has 2 N–H and O–H groups in total. The van der Waals surface area contributed by atoms with Crippen LogP contribution in [0.2, 0.25) is 15.1 Å². The summed E-state index contributed by atoms with van der Waals surface area (Å²) in [7, 11) is 0. The van der Waals surface area contributed by atoms with Crippen LogP contribution in [0.25, 0.3) is 22.6 Å². The quantitative estimate of drug-likeness (QED) is 0.569. The van der Waals surface area contributed by atoms with Gasteiger partial charge in [-0.1, -0.05) is 34.8 Å². The van der Waals surface area contributed by atoms with Crippen LogP contribution in [-0.4, -0.2) is 20.1 Å². The van der Waals surface area contributed by atoms with E-state index in [1.54, 1.807) is 6.20 Å². The number of phenols is 1.